The molecule has 0 amide bonds. The molecule has 0 unspecified atom stereocenters. The molecular weight excluding hydrogens is 250 g/mol. The van der Waals surface area contributed by atoms with Crippen molar-refractivity contribution in [3.63, 3.8) is 0 Å². The number of sulfonamides is 1. The Morgan fingerprint density at radius 2 is 1.94 bits per heavy atom. The summed E-state index contributed by atoms with van der Waals surface area (Å²) in [7, 11) is -3.59. The molecule has 1 aromatic rings. The van der Waals surface area contributed by atoms with Gasteiger partial charge in [-0.2, -0.15) is 4.31 Å². The minimum absolute atomic E-state index is 0.000145. The zero-order chi connectivity index (χ0) is 13.3. The number of hydrogen-bond acceptors (Lipinski definition) is 4. The summed E-state index contributed by atoms with van der Waals surface area (Å²) in [5, 5.41) is -0.0226. The van der Waals surface area contributed by atoms with Gasteiger partial charge in [-0.05, 0) is 38.8 Å². The molecular formula is C12H19N3O2S. The number of piperidine rings is 1. The van der Waals surface area contributed by atoms with Crippen molar-refractivity contribution in [2.45, 2.75) is 50.2 Å². The van der Waals surface area contributed by atoms with E-state index < -0.39 is 10.0 Å². The summed E-state index contributed by atoms with van der Waals surface area (Å²) in [6.07, 6.45) is 4.29. The minimum atomic E-state index is -3.59. The molecule has 0 saturated carbocycles. The van der Waals surface area contributed by atoms with Gasteiger partial charge in [0.25, 0.3) is 10.0 Å². The van der Waals surface area contributed by atoms with Crippen LogP contribution in [0.1, 0.15) is 33.1 Å². The van der Waals surface area contributed by atoms with Gasteiger partial charge in [0, 0.05) is 18.3 Å². The molecule has 100 valence electrons. The van der Waals surface area contributed by atoms with Crippen LogP contribution in [0, 0.1) is 0 Å². The molecule has 1 aromatic heterocycles. The maximum atomic E-state index is 12.6. The van der Waals surface area contributed by atoms with Gasteiger partial charge in [-0.15, -0.1) is 0 Å². The first-order valence-corrected chi connectivity index (χ1v) is 7.62. The average molecular weight is 269 g/mol. The summed E-state index contributed by atoms with van der Waals surface area (Å²) >= 11 is 0. The second-order valence-electron chi connectivity index (χ2n) is 4.86. The number of nitrogens with two attached hydrogens (primary N) is 1. The second-order valence-corrected chi connectivity index (χ2v) is 6.62. The second kappa shape index (κ2) is 4.85. The first-order chi connectivity index (χ1) is 8.44. The van der Waals surface area contributed by atoms with E-state index in [0.717, 1.165) is 19.3 Å². The first kappa shape index (κ1) is 13.3. The van der Waals surface area contributed by atoms with Crippen LogP contribution in [0.2, 0.25) is 0 Å². The van der Waals surface area contributed by atoms with Gasteiger partial charge in [0.2, 0.25) is 0 Å². The Bertz CT molecular complexity index is 520. The van der Waals surface area contributed by atoms with E-state index in [1.165, 1.54) is 6.20 Å². The lowest BCUT2D eigenvalue weighted by Crippen LogP contribution is -2.47. The number of rotatable bonds is 2. The van der Waals surface area contributed by atoms with E-state index in [9.17, 15) is 8.42 Å². The Morgan fingerprint density at radius 3 is 2.50 bits per heavy atom. The molecule has 6 heteroatoms. The fourth-order valence-corrected chi connectivity index (χ4v) is 4.51. The van der Waals surface area contributed by atoms with Crippen LogP contribution in [-0.4, -0.2) is 29.8 Å². The van der Waals surface area contributed by atoms with Crippen molar-refractivity contribution in [1.82, 2.24) is 9.29 Å². The molecule has 2 rings (SSSR count). The van der Waals surface area contributed by atoms with E-state index >= 15 is 0 Å². The molecule has 1 aliphatic heterocycles. The Kier molecular flexibility index (Phi) is 3.59. The summed E-state index contributed by atoms with van der Waals surface area (Å²) < 4.78 is 26.8. The third-order valence-corrected chi connectivity index (χ3v) is 5.54. The molecule has 0 aromatic carbocycles. The Balaban J connectivity index is 2.45. The summed E-state index contributed by atoms with van der Waals surface area (Å²) in [5.74, 6) is 0. The molecule has 1 aliphatic rings. The highest BCUT2D eigenvalue weighted by molar-refractivity contribution is 7.89. The van der Waals surface area contributed by atoms with E-state index in [4.69, 9.17) is 5.73 Å². The summed E-state index contributed by atoms with van der Waals surface area (Å²) in [5.41, 5.74) is 5.95. The lowest BCUT2D eigenvalue weighted by atomic mass is 10.0. The van der Waals surface area contributed by atoms with Gasteiger partial charge in [-0.25, -0.2) is 13.4 Å². The van der Waals surface area contributed by atoms with Crippen molar-refractivity contribution >= 4 is 15.7 Å². The zero-order valence-corrected chi connectivity index (χ0v) is 11.5. The Labute approximate surface area is 108 Å². The molecule has 5 nitrogen and oxygen atoms in total. The smallest absolute Gasteiger partial charge is 0.263 e. The lowest BCUT2D eigenvalue weighted by Gasteiger charge is -2.37. The van der Waals surface area contributed by atoms with Crippen LogP contribution < -0.4 is 5.73 Å². The topological polar surface area (TPSA) is 76.3 Å². The average Bonchev–Trinajstić information content (AvgIpc) is 2.28. The predicted octanol–water partition coefficient (Wildman–Crippen LogP) is 1.62. The Morgan fingerprint density at radius 1 is 1.33 bits per heavy atom. The largest absolute Gasteiger partial charge is 0.396 e. The molecule has 0 bridgehead atoms. The number of pyridine rings is 1. The van der Waals surface area contributed by atoms with E-state index in [2.05, 4.69) is 4.98 Å². The van der Waals surface area contributed by atoms with Gasteiger partial charge < -0.3 is 5.73 Å². The highest BCUT2D eigenvalue weighted by atomic mass is 32.2. The number of hydrogen-bond donors (Lipinski definition) is 1. The molecule has 2 atom stereocenters. The van der Waals surface area contributed by atoms with Crippen molar-refractivity contribution < 1.29 is 8.42 Å². The van der Waals surface area contributed by atoms with Gasteiger partial charge in [-0.3, -0.25) is 0 Å². The van der Waals surface area contributed by atoms with Gasteiger partial charge in [0.1, 0.15) is 0 Å². The summed E-state index contributed by atoms with van der Waals surface area (Å²) in [6, 6.07) is 3.21. The maximum Gasteiger partial charge on any atom is 0.263 e. The number of nitrogens with zero attached hydrogens (tertiary/aromatic N) is 2. The summed E-state index contributed by atoms with van der Waals surface area (Å²) in [6.45, 7) is 3.87. The van der Waals surface area contributed by atoms with Crippen molar-refractivity contribution in [3.8, 4) is 0 Å². The van der Waals surface area contributed by atoms with Crippen molar-refractivity contribution in [2.24, 2.45) is 0 Å². The van der Waals surface area contributed by atoms with Crippen LogP contribution in [0.5, 0.6) is 0 Å². The normalized spacial score (nSPS) is 26.1. The summed E-state index contributed by atoms with van der Waals surface area (Å²) in [4.78, 5) is 3.94. The molecule has 2 N–H and O–H groups in total. The van der Waals surface area contributed by atoms with Crippen LogP contribution in [0.4, 0.5) is 5.69 Å². The third-order valence-electron chi connectivity index (χ3n) is 3.44. The molecule has 18 heavy (non-hydrogen) atoms. The highest BCUT2D eigenvalue weighted by Gasteiger charge is 2.37. The molecule has 0 spiro atoms. The van der Waals surface area contributed by atoms with Crippen LogP contribution in [-0.2, 0) is 10.0 Å². The van der Waals surface area contributed by atoms with E-state index in [-0.39, 0.29) is 22.8 Å². The van der Waals surface area contributed by atoms with E-state index in [0.29, 0.717) is 0 Å². The number of nitrogen functional groups attached to an aromatic ring is 1. The van der Waals surface area contributed by atoms with Crippen LogP contribution >= 0.6 is 0 Å². The third kappa shape index (κ3) is 2.22. The quantitative estimate of drug-likeness (QED) is 0.885. The molecule has 0 radical (unpaired) electrons. The molecule has 0 aliphatic carbocycles. The standard InChI is InChI=1S/C12H19N3O2S/c1-9-5-3-6-10(2)15(9)18(16,17)12-11(13)7-4-8-14-12/h4,7-10H,3,5-6,13H2,1-2H3/t9-,10+. The molecule has 2 heterocycles. The maximum absolute atomic E-state index is 12.6. The minimum Gasteiger partial charge on any atom is -0.396 e. The van der Waals surface area contributed by atoms with Gasteiger partial charge in [0.05, 0.1) is 5.69 Å². The van der Waals surface area contributed by atoms with E-state index in [1.54, 1.807) is 16.4 Å². The lowest BCUT2D eigenvalue weighted by molar-refractivity contribution is 0.204. The van der Waals surface area contributed by atoms with Crippen LogP contribution in [0.3, 0.4) is 0 Å². The number of anilines is 1. The van der Waals surface area contributed by atoms with Crippen molar-refractivity contribution in [1.29, 1.82) is 0 Å². The van der Waals surface area contributed by atoms with Gasteiger partial charge in [0.15, 0.2) is 5.03 Å². The zero-order valence-electron chi connectivity index (χ0n) is 10.7. The van der Waals surface area contributed by atoms with E-state index in [1.807, 2.05) is 13.8 Å². The van der Waals surface area contributed by atoms with Gasteiger partial charge >= 0.3 is 0 Å². The number of aromatic nitrogens is 1. The molecule has 1 saturated heterocycles. The highest BCUT2D eigenvalue weighted by Crippen LogP contribution is 2.30. The fourth-order valence-electron chi connectivity index (χ4n) is 2.59. The predicted molar refractivity (Wildman–Crippen MR) is 70.4 cm³/mol. The SMILES string of the molecule is C[C@@H]1CCC[C@H](C)N1S(=O)(=O)c1ncccc1N. The van der Waals surface area contributed by atoms with Crippen LogP contribution in [0.15, 0.2) is 23.4 Å². The van der Waals surface area contributed by atoms with Crippen molar-refractivity contribution in [2.75, 3.05) is 5.73 Å². The Hall–Kier alpha value is -1.14. The fraction of sp³-hybridized carbons (Fsp3) is 0.583. The molecule has 1 fully saturated rings. The van der Waals surface area contributed by atoms with Gasteiger partial charge in [-0.1, -0.05) is 6.42 Å². The first-order valence-electron chi connectivity index (χ1n) is 6.18. The van der Waals surface area contributed by atoms with Crippen LogP contribution in [0.25, 0.3) is 0 Å². The monoisotopic (exact) mass is 269 g/mol. The van der Waals surface area contributed by atoms with Crippen molar-refractivity contribution in [3.05, 3.63) is 18.3 Å².